The van der Waals surface area contributed by atoms with E-state index >= 15 is 0 Å². The lowest BCUT2D eigenvalue weighted by Crippen LogP contribution is -2.19. The Hall–Kier alpha value is -2.18. The Morgan fingerprint density at radius 1 is 1.20 bits per heavy atom. The lowest BCUT2D eigenvalue weighted by molar-refractivity contribution is 0.0968. The molecule has 0 bridgehead atoms. The van der Waals surface area contributed by atoms with Crippen LogP contribution >= 0.6 is 15.9 Å². The highest BCUT2D eigenvalue weighted by molar-refractivity contribution is 9.10. The summed E-state index contributed by atoms with van der Waals surface area (Å²) < 4.78 is 8.30. The minimum atomic E-state index is 0.0174. The van der Waals surface area contributed by atoms with Crippen molar-refractivity contribution >= 4 is 32.6 Å². The number of Topliss-reactive ketones (excluding diaryl/α,β-unsaturated/α-hetero) is 1. The van der Waals surface area contributed by atoms with Gasteiger partial charge in [0, 0.05) is 28.2 Å². The maximum atomic E-state index is 12.5. The Bertz CT molecular complexity index is 872. The van der Waals surface area contributed by atoms with E-state index in [-0.39, 0.29) is 12.3 Å². The average Bonchev–Trinajstić information content (AvgIpc) is 2.99. The van der Waals surface area contributed by atoms with Crippen molar-refractivity contribution in [3.8, 4) is 5.75 Å². The molecule has 0 aliphatic carbocycles. The molecule has 0 atom stereocenters. The van der Waals surface area contributed by atoms with Gasteiger partial charge in [0.05, 0.1) is 5.52 Å². The maximum Gasteiger partial charge on any atom is 0.184 e. The standard InChI is InChI=1S/C19H20BrN3O2/c1-22(2)10-11-25-15-8-6-14(7-9-15)19(24)13-23-12-16-17(20)4-3-5-18(16)21-23/h3-9,12H,10-11,13H2,1-2H3. The second-order valence-corrected chi connectivity index (χ2v) is 6.95. The van der Waals surface area contributed by atoms with Gasteiger partial charge in [0.1, 0.15) is 18.9 Å². The number of rotatable bonds is 7. The van der Waals surface area contributed by atoms with Crippen molar-refractivity contribution in [2.75, 3.05) is 27.2 Å². The summed E-state index contributed by atoms with van der Waals surface area (Å²) in [6.07, 6.45) is 1.88. The minimum absolute atomic E-state index is 0.0174. The van der Waals surface area contributed by atoms with Crippen molar-refractivity contribution in [2.45, 2.75) is 6.54 Å². The first-order valence-corrected chi connectivity index (χ1v) is 8.85. The van der Waals surface area contributed by atoms with Gasteiger partial charge < -0.3 is 9.64 Å². The summed E-state index contributed by atoms with van der Waals surface area (Å²) in [6.45, 7) is 1.68. The quantitative estimate of drug-likeness (QED) is 0.567. The van der Waals surface area contributed by atoms with Crippen molar-refractivity contribution in [2.24, 2.45) is 0 Å². The largest absolute Gasteiger partial charge is 0.492 e. The Kier molecular flexibility index (Phi) is 5.50. The van der Waals surface area contributed by atoms with Gasteiger partial charge in [-0.1, -0.05) is 22.0 Å². The third kappa shape index (κ3) is 4.46. The van der Waals surface area contributed by atoms with Crippen LogP contribution in [0.5, 0.6) is 5.75 Å². The molecule has 6 heteroatoms. The molecule has 0 N–H and O–H groups in total. The molecule has 3 rings (SSSR count). The molecule has 2 aromatic carbocycles. The fourth-order valence-electron chi connectivity index (χ4n) is 2.46. The van der Waals surface area contributed by atoms with Crippen molar-refractivity contribution in [1.82, 2.24) is 14.7 Å². The van der Waals surface area contributed by atoms with Crippen LogP contribution in [-0.2, 0) is 6.54 Å². The van der Waals surface area contributed by atoms with E-state index in [9.17, 15) is 4.79 Å². The molecule has 1 aromatic heterocycles. The fourth-order valence-corrected chi connectivity index (χ4v) is 2.92. The summed E-state index contributed by atoms with van der Waals surface area (Å²) in [5.74, 6) is 0.788. The summed E-state index contributed by atoms with van der Waals surface area (Å²) in [5, 5.41) is 5.45. The normalized spacial score (nSPS) is 11.2. The number of ketones is 1. The van der Waals surface area contributed by atoms with Crippen LogP contribution in [0.2, 0.25) is 0 Å². The minimum Gasteiger partial charge on any atom is -0.492 e. The van der Waals surface area contributed by atoms with E-state index in [4.69, 9.17) is 4.74 Å². The highest BCUT2D eigenvalue weighted by Crippen LogP contribution is 2.22. The smallest absolute Gasteiger partial charge is 0.184 e. The molecule has 0 radical (unpaired) electrons. The van der Waals surface area contributed by atoms with E-state index in [1.54, 1.807) is 16.8 Å². The highest BCUT2D eigenvalue weighted by Gasteiger charge is 2.10. The van der Waals surface area contributed by atoms with Crippen LogP contribution in [0.3, 0.4) is 0 Å². The van der Waals surface area contributed by atoms with E-state index in [2.05, 4.69) is 25.9 Å². The summed E-state index contributed by atoms with van der Waals surface area (Å²) in [6, 6.07) is 13.1. The SMILES string of the molecule is CN(C)CCOc1ccc(C(=O)Cn2cc3c(Br)cccc3n2)cc1. The third-order valence-corrected chi connectivity index (χ3v) is 4.52. The third-order valence-electron chi connectivity index (χ3n) is 3.83. The number of fused-ring (bicyclic) bond motifs is 1. The Labute approximate surface area is 155 Å². The van der Waals surface area contributed by atoms with Crippen LogP contribution in [-0.4, -0.2) is 47.7 Å². The number of ether oxygens (including phenoxy) is 1. The van der Waals surface area contributed by atoms with Gasteiger partial charge in [-0.15, -0.1) is 0 Å². The Balaban J connectivity index is 1.65. The van der Waals surface area contributed by atoms with Gasteiger partial charge in [-0.05, 0) is 50.5 Å². The molecule has 0 unspecified atom stereocenters. The molecule has 3 aromatic rings. The van der Waals surface area contributed by atoms with E-state index in [1.807, 2.05) is 50.6 Å². The Morgan fingerprint density at radius 3 is 2.64 bits per heavy atom. The first-order valence-electron chi connectivity index (χ1n) is 8.05. The molecule has 0 fully saturated rings. The number of benzene rings is 2. The second-order valence-electron chi connectivity index (χ2n) is 6.10. The van der Waals surface area contributed by atoms with Gasteiger partial charge in [0.2, 0.25) is 0 Å². The van der Waals surface area contributed by atoms with Crippen LogP contribution in [0.1, 0.15) is 10.4 Å². The number of halogens is 1. The molecule has 0 spiro atoms. The van der Waals surface area contributed by atoms with Gasteiger partial charge in [-0.3, -0.25) is 9.48 Å². The number of carbonyl (C=O) groups is 1. The fraction of sp³-hybridized carbons (Fsp3) is 0.263. The van der Waals surface area contributed by atoms with Crippen LogP contribution < -0.4 is 4.74 Å². The zero-order valence-electron chi connectivity index (χ0n) is 14.3. The van der Waals surface area contributed by atoms with E-state index in [0.717, 1.165) is 27.7 Å². The summed E-state index contributed by atoms with van der Waals surface area (Å²) in [7, 11) is 4.00. The van der Waals surface area contributed by atoms with Gasteiger partial charge in [-0.25, -0.2) is 0 Å². The van der Waals surface area contributed by atoms with Crippen molar-refractivity contribution in [3.63, 3.8) is 0 Å². The predicted octanol–water partition coefficient (Wildman–Crippen LogP) is 3.62. The molecule has 1 heterocycles. The van der Waals surface area contributed by atoms with Gasteiger partial charge in [-0.2, -0.15) is 5.10 Å². The molecule has 0 amide bonds. The summed E-state index contributed by atoms with van der Waals surface area (Å²) >= 11 is 3.50. The predicted molar refractivity (Wildman–Crippen MR) is 102 cm³/mol. The number of hydrogen-bond donors (Lipinski definition) is 0. The molecular formula is C19H20BrN3O2. The van der Waals surface area contributed by atoms with Crippen LogP contribution in [0, 0.1) is 0 Å². The van der Waals surface area contributed by atoms with Crippen molar-refractivity contribution in [1.29, 1.82) is 0 Å². The van der Waals surface area contributed by atoms with Gasteiger partial charge in [0.15, 0.2) is 5.78 Å². The molecule has 0 aliphatic rings. The number of aromatic nitrogens is 2. The highest BCUT2D eigenvalue weighted by atomic mass is 79.9. The van der Waals surface area contributed by atoms with Crippen LogP contribution in [0.15, 0.2) is 53.1 Å². The van der Waals surface area contributed by atoms with Crippen molar-refractivity contribution in [3.05, 3.63) is 58.7 Å². The molecule has 0 saturated carbocycles. The zero-order valence-corrected chi connectivity index (χ0v) is 15.9. The lowest BCUT2D eigenvalue weighted by Gasteiger charge is -2.11. The van der Waals surface area contributed by atoms with Crippen molar-refractivity contribution < 1.29 is 9.53 Å². The molecule has 25 heavy (non-hydrogen) atoms. The second kappa shape index (κ2) is 7.80. The molecule has 5 nitrogen and oxygen atoms in total. The number of carbonyl (C=O) groups excluding carboxylic acids is 1. The van der Waals surface area contributed by atoms with E-state index in [0.29, 0.717) is 12.2 Å². The topological polar surface area (TPSA) is 47.4 Å². The number of likely N-dealkylation sites (N-methyl/N-ethyl adjacent to an activating group) is 1. The van der Waals surface area contributed by atoms with Crippen LogP contribution in [0.25, 0.3) is 10.9 Å². The monoisotopic (exact) mass is 401 g/mol. The Morgan fingerprint density at radius 2 is 1.96 bits per heavy atom. The van der Waals surface area contributed by atoms with E-state index in [1.165, 1.54) is 0 Å². The first-order chi connectivity index (χ1) is 12.0. The molecule has 0 saturated heterocycles. The maximum absolute atomic E-state index is 12.5. The summed E-state index contributed by atoms with van der Waals surface area (Å²) in [5.41, 5.74) is 1.52. The molecule has 130 valence electrons. The molecule has 0 aliphatic heterocycles. The van der Waals surface area contributed by atoms with Gasteiger partial charge in [0.25, 0.3) is 0 Å². The first kappa shape index (κ1) is 17.6. The average molecular weight is 402 g/mol. The molecular weight excluding hydrogens is 382 g/mol. The number of nitrogens with zero attached hydrogens (tertiary/aromatic N) is 3. The number of hydrogen-bond acceptors (Lipinski definition) is 4. The van der Waals surface area contributed by atoms with E-state index < -0.39 is 0 Å². The zero-order chi connectivity index (χ0) is 17.8. The van der Waals surface area contributed by atoms with Gasteiger partial charge >= 0.3 is 0 Å². The lowest BCUT2D eigenvalue weighted by atomic mass is 10.1. The van der Waals surface area contributed by atoms with Crippen LogP contribution in [0.4, 0.5) is 0 Å². The summed E-state index contributed by atoms with van der Waals surface area (Å²) in [4.78, 5) is 14.5.